The minimum atomic E-state index is -2.78. The maximum absolute atomic E-state index is 10.4. The summed E-state index contributed by atoms with van der Waals surface area (Å²) in [5.41, 5.74) is 0.259. The molecular weight excluding hydrogens is 237 g/mol. The largest absolute Gasteiger partial charge is 0.275 e. The molecule has 0 saturated carbocycles. The quantitative estimate of drug-likeness (QED) is 0.369. The van der Waals surface area contributed by atoms with Crippen LogP contribution in [0.4, 0.5) is 5.69 Å². The second-order valence-electron chi connectivity index (χ2n) is 3.11. The van der Waals surface area contributed by atoms with Crippen LogP contribution in [-0.2, 0) is 0 Å². The number of nitro benzene ring substituents is 1. The highest BCUT2D eigenvalue weighted by molar-refractivity contribution is 8.05. The molecule has 0 radical (unpaired) electrons. The summed E-state index contributed by atoms with van der Waals surface area (Å²) in [6.45, 7) is 1.39. The van der Waals surface area contributed by atoms with E-state index in [9.17, 15) is 10.1 Å². The van der Waals surface area contributed by atoms with Crippen molar-refractivity contribution in [1.82, 2.24) is 0 Å². The molecule has 15 heavy (non-hydrogen) atoms. The lowest BCUT2D eigenvalue weighted by atomic mass is 10.3. The molecule has 0 aliphatic heterocycles. The van der Waals surface area contributed by atoms with Gasteiger partial charge in [0.15, 0.2) is 5.49 Å². The van der Waals surface area contributed by atoms with Crippen molar-refractivity contribution < 1.29 is 14.7 Å². The number of hydrogen-bond acceptors (Lipinski definition) is 5. The number of nitrogens with zero attached hydrogens (tertiary/aromatic N) is 1. The summed E-state index contributed by atoms with van der Waals surface area (Å²) in [7, 11) is -2.78. The van der Waals surface area contributed by atoms with Gasteiger partial charge in [0.2, 0.25) is 0 Å². The average molecular weight is 248 g/mol. The number of nitro groups is 1. The molecule has 1 rings (SSSR count). The molecular formula is C8H11NO4PS+. The van der Waals surface area contributed by atoms with Gasteiger partial charge >= 0.3 is 0 Å². The summed E-state index contributed by atoms with van der Waals surface area (Å²) in [6, 6.07) is 5.98. The summed E-state index contributed by atoms with van der Waals surface area (Å²) in [6.07, 6.45) is 0. The molecule has 0 fully saturated rings. The fourth-order valence-electron chi connectivity index (χ4n) is 0.861. The molecule has 82 valence electrons. The number of non-ortho nitro benzene ring substituents is 1. The zero-order valence-electron chi connectivity index (χ0n) is 8.03. The van der Waals surface area contributed by atoms with E-state index in [2.05, 4.69) is 0 Å². The van der Waals surface area contributed by atoms with E-state index in [-0.39, 0.29) is 11.2 Å². The van der Waals surface area contributed by atoms with Crippen molar-refractivity contribution in [2.45, 2.75) is 4.90 Å². The molecule has 0 bridgehead atoms. The second kappa shape index (κ2) is 4.90. The SMILES string of the molecule is C[P+](O)(O)CSc1ccc([N+](=O)[O-])cc1. The van der Waals surface area contributed by atoms with E-state index in [1.807, 2.05) is 0 Å². The van der Waals surface area contributed by atoms with Crippen LogP contribution in [0.25, 0.3) is 0 Å². The van der Waals surface area contributed by atoms with Crippen molar-refractivity contribution in [2.75, 3.05) is 12.2 Å². The third-order valence-electron chi connectivity index (χ3n) is 1.52. The van der Waals surface area contributed by atoms with Gasteiger partial charge in [-0.05, 0) is 12.1 Å². The van der Waals surface area contributed by atoms with Gasteiger partial charge in [-0.15, -0.1) is 0 Å². The standard InChI is InChI=1S/C8H11NO4PS/c1-14(12,13)6-15-8-4-2-7(3-5-8)9(10)11/h2-5,12-13H,6H2,1H3/q+1. The van der Waals surface area contributed by atoms with Crippen molar-refractivity contribution in [3.05, 3.63) is 34.4 Å². The third kappa shape index (κ3) is 4.57. The zero-order valence-corrected chi connectivity index (χ0v) is 9.74. The van der Waals surface area contributed by atoms with E-state index in [1.54, 1.807) is 12.1 Å². The monoisotopic (exact) mass is 248 g/mol. The molecule has 1 aromatic rings. The van der Waals surface area contributed by atoms with Gasteiger partial charge in [0, 0.05) is 17.0 Å². The van der Waals surface area contributed by atoms with E-state index in [0.29, 0.717) is 0 Å². The van der Waals surface area contributed by atoms with Gasteiger partial charge in [0.25, 0.3) is 13.4 Å². The highest BCUT2D eigenvalue weighted by Gasteiger charge is 2.24. The van der Waals surface area contributed by atoms with Crippen LogP contribution < -0.4 is 0 Å². The Kier molecular flexibility index (Phi) is 4.04. The predicted molar refractivity (Wildman–Crippen MR) is 61.1 cm³/mol. The Bertz CT molecular complexity index is 349. The highest BCUT2D eigenvalue weighted by atomic mass is 32.2. The molecule has 0 unspecified atom stereocenters. The molecule has 2 N–H and O–H groups in total. The van der Waals surface area contributed by atoms with Crippen LogP contribution in [0.5, 0.6) is 0 Å². The van der Waals surface area contributed by atoms with Crippen LogP contribution in [0.15, 0.2) is 29.2 Å². The van der Waals surface area contributed by atoms with Gasteiger partial charge < -0.3 is 0 Å². The van der Waals surface area contributed by atoms with Crippen LogP contribution in [0, 0.1) is 10.1 Å². The summed E-state index contributed by atoms with van der Waals surface area (Å²) in [5.74, 6) is 0. The van der Waals surface area contributed by atoms with Gasteiger partial charge in [-0.25, -0.2) is 9.79 Å². The van der Waals surface area contributed by atoms with Crippen LogP contribution in [-0.4, -0.2) is 26.9 Å². The first-order valence-electron chi connectivity index (χ1n) is 4.07. The van der Waals surface area contributed by atoms with E-state index < -0.39 is 12.6 Å². The summed E-state index contributed by atoms with van der Waals surface area (Å²) >= 11 is 1.27. The number of rotatable bonds is 4. The van der Waals surface area contributed by atoms with Crippen molar-refractivity contribution in [1.29, 1.82) is 0 Å². The third-order valence-corrected chi connectivity index (χ3v) is 4.60. The molecule has 5 nitrogen and oxygen atoms in total. The molecule has 7 heteroatoms. The lowest BCUT2D eigenvalue weighted by molar-refractivity contribution is -0.384. The van der Waals surface area contributed by atoms with Crippen LogP contribution in [0.3, 0.4) is 0 Å². The van der Waals surface area contributed by atoms with Crippen molar-refractivity contribution >= 4 is 25.2 Å². The molecule has 0 aromatic heterocycles. The van der Waals surface area contributed by atoms with Gasteiger partial charge in [0.1, 0.15) is 6.66 Å². The molecule has 0 atom stereocenters. The average Bonchev–Trinajstić information content (AvgIpc) is 2.14. The van der Waals surface area contributed by atoms with Crippen molar-refractivity contribution in [3.8, 4) is 0 Å². The molecule has 0 spiro atoms. The minimum absolute atomic E-state index is 0.0323. The Balaban J connectivity index is 2.61. The van der Waals surface area contributed by atoms with Crippen molar-refractivity contribution in [3.63, 3.8) is 0 Å². The van der Waals surface area contributed by atoms with E-state index in [1.165, 1.54) is 30.6 Å². The molecule has 1 aromatic carbocycles. The topological polar surface area (TPSA) is 83.6 Å². The lowest BCUT2D eigenvalue weighted by Gasteiger charge is -2.05. The van der Waals surface area contributed by atoms with Gasteiger partial charge in [-0.1, -0.05) is 11.8 Å². The van der Waals surface area contributed by atoms with Gasteiger partial charge in [-0.2, -0.15) is 0 Å². The normalized spacial score (nSPS) is 11.4. The summed E-state index contributed by atoms with van der Waals surface area (Å²) < 4.78 is 0. The highest BCUT2D eigenvalue weighted by Crippen LogP contribution is 2.49. The first-order valence-corrected chi connectivity index (χ1v) is 7.38. The Labute approximate surface area is 91.8 Å². The van der Waals surface area contributed by atoms with E-state index >= 15 is 0 Å². The summed E-state index contributed by atoms with van der Waals surface area (Å²) in [5, 5.41) is 10.4. The van der Waals surface area contributed by atoms with Gasteiger partial charge in [-0.3, -0.25) is 10.1 Å². The maximum atomic E-state index is 10.4. The molecule has 0 saturated heterocycles. The fraction of sp³-hybridized carbons (Fsp3) is 0.250. The molecule has 0 amide bonds. The first kappa shape index (κ1) is 12.4. The predicted octanol–water partition coefficient (Wildman–Crippen LogP) is 2.11. The minimum Gasteiger partial charge on any atom is -0.258 e. The number of thioether (sulfide) groups is 1. The Morgan fingerprint density at radius 2 is 1.93 bits per heavy atom. The van der Waals surface area contributed by atoms with Crippen molar-refractivity contribution in [2.24, 2.45) is 0 Å². The number of hydrogen-bond donors (Lipinski definition) is 2. The Hall–Kier alpha value is -0.680. The molecule has 0 aliphatic carbocycles. The maximum Gasteiger partial charge on any atom is 0.275 e. The first-order chi connectivity index (χ1) is 6.88. The zero-order chi connectivity index (χ0) is 11.5. The Morgan fingerprint density at radius 1 is 1.40 bits per heavy atom. The summed E-state index contributed by atoms with van der Waals surface area (Å²) in [4.78, 5) is 29.0. The van der Waals surface area contributed by atoms with Gasteiger partial charge in [0.05, 0.1) is 4.92 Å². The molecule has 0 heterocycles. The van der Waals surface area contributed by atoms with Crippen LogP contribution in [0.1, 0.15) is 0 Å². The fourth-order valence-corrected chi connectivity index (χ4v) is 2.76. The van der Waals surface area contributed by atoms with Crippen LogP contribution >= 0.6 is 19.5 Å². The smallest absolute Gasteiger partial charge is 0.258 e. The Morgan fingerprint density at radius 3 is 2.33 bits per heavy atom. The number of benzene rings is 1. The van der Waals surface area contributed by atoms with E-state index in [0.717, 1.165) is 4.90 Å². The lowest BCUT2D eigenvalue weighted by Crippen LogP contribution is -1.90. The van der Waals surface area contributed by atoms with E-state index in [4.69, 9.17) is 9.79 Å². The van der Waals surface area contributed by atoms with Crippen LogP contribution in [0.2, 0.25) is 0 Å². The second-order valence-corrected chi connectivity index (χ2v) is 7.08. The molecule has 0 aliphatic rings.